The van der Waals surface area contributed by atoms with E-state index in [-0.39, 0.29) is 6.42 Å². The van der Waals surface area contributed by atoms with Gasteiger partial charge in [0.25, 0.3) is 0 Å². The molecule has 28 heavy (non-hydrogen) atoms. The zero-order valence-corrected chi connectivity index (χ0v) is 16.6. The van der Waals surface area contributed by atoms with Crippen LogP contribution in [0.3, 0.4) is 0 Å². The van der Waals surface area contributed by atoms with Gasteiger partial charge in [-0.2, -0.15) is 0 Å². The van der Waals surface area contributed by atoms with Crippen molar-refractivity contribution >= 4 is 5.97 Å². The van der Waals surface area contributed by atoms with Crippen LogP contribution >= 0.6 is 0 Å². The molecule has 1 fully saturated rings. The lowest BCUT2D eigenvalue weighted by Crippen LogP contribution is -2.25. The first kappa shape index (κ1) is 24.3. The molecule has 0 aliphatic carbocycles. The summed E-state index contributed by atoms with van der Waals surface area (Å²) in [6, 6.07) is 0. The number of aliphatic hydroxyl groups excluding tert-OH is 3. The van der Waals surface area contributed by atoms with E-state index in [1.807, 2.05) is 12.2 Å². The molecule has 0 unspecified atom stereocenters. The molecular weight excluding hydrogens is 360 g/mol. The Kier molecular flexibility index (Phi) is 12.4. The highest BCUT2D eigenvalue weighted by Gasteiger charge is 2.35. The van der Waals surface area contributed by atoms with Crippen LogP contribution in [0.4, 0.5) is 0 Å². The number of carboxylic acids is 1. The maximum Gasteiger partial charge on any atom is 0.303 e. The van der Waals surface area contributed by atoms with Crippen LogP contribution in [0.2, 0.25) is 0 Å². The van der Waals surface area contributed by atoms with Gasteiger partial charge in [-0.05, 0) is 32.1 Å². The maximum atomic E-state index is 10.4. The lowest BCUT2D eigenvalue weighted by atomic mass is 10.0. The second kappa shape index (κ2) is 14.3. The third kappa shape index (κ3) is 10.6. The Morgan fingerprint density at radius 3 is 2.54 bits per heavy atom. The summed E-state index contributed by atoms with van der Waals surface area (Å²) in [6.45, 7) is 2.08. The molecule has 1 rings (SSSR count). The number of rotatable bonds is 13. The van der Waals surface area contributed by atoms with Crippen LogP contribution in [0.25, 0.3) is 0 Å². The van der Waals surface area contributed by atoms with Gasteiger partial charge in [-0.1, -0.05) is 55.5 Å². The molecule has 0 aromatic rings. The second-order valence-corrected chi connectivity index (χ2v) is 6.92. The first-order valence-electron chi connectivity index (χ1n) is 9.98. The fourth-order valence-electron chi connectivity index (χ4n) is 2.84. The SMILES string of the molecule is CC/C=C\C/C=C\C[C@@H](O)/C=C/[C@@H]1O[C@H]([C@H](O)C/C=C\CCC(=O)O)C[C@H]1O. The molecule has 4 N–H and O–H groups in total. The third-order valence-corrected chi connectivity index (χ3v) is 4.42. The summed E-state index contributed by atoms with van der Waals surface area (Å²) in [7, 11) is 0. The van der Waals surface area contributed by atoms with Gasteiger partial charge in [0, 0.05) is 12.8 Å². The number of ether oxygens (including phenoxy) is 1. The number of allylic oxidation sites excluding steroid dienone is 4. The molecule has 158 valence electrons. The minimum absolute atomic E-state index is 0.0606. The predicted molar refractivity (Wildman–Crippen MR) is 109 cm³/mol. The molecule has 0 bridgehead atoms. The quantitative estimate of drug-likeness (QED) is 0.358. The molecule has 6 heteroatoms. The Balaban J connectivity index is 2.34. The molecule has 1 heterocycles. The van der Waals surface area contributed by atoms with Crippen molar-refractivity contribution in [1.29, 1.82) is 0 Å². The zero-order valence-electron chi connectivity index (χ0n) is 16.6. The van der Waals surface area contributed by atoms with Crippen molar-refractivity contribution < 1.29 is 30.0 Å². The van der Waals surface area contributed by atoms with Crippen LogP contribution in [-0.2, 0) is 9.53 Å². The van der Waals surface area contributed by atoms with E-state index in [4.69, 9.17) is 9.84 Å². The van der Waals surface area contributed by atoms with E-state index in [2.05, 4.69) is 19.1 Å². The van der Waals surface area contributed by atoms with Gasteiger partial charge in [0.05, 0.1) is 24.4 Å². The van der Waals surface area contributed by atoms with Gasteiger partial charge in [0.2, 0.25) is 0 Å². The minimum atomic E-state index is -0.854. The summed E-state index contributed by atoms with van der Waals surface area (Å²) in [5.41, 5.74) is 0. The zero-order chi connectivity index (χ0) is 20.8. The number of carbonyl (C=O) groups is 1. The first-order chi connectivity index (χ1) is 13.4. The number of aliphatic carboxylic acids is 1. The molecule has 5 atom stereocenters. The van der Waals surface area contributed by atoms with Gasteiger partial charge in [0.15, 0.2) is 0 Å². The van der Waals surface area contributed by atoms with E-state index in [0.717, 1.165) is 12.8 Å². The smallest absolute Gasteiger partial charge is 0.303 e. The van der Waals surface area contributed by atoms with Crippen molar-refractivity contribution in [3.63, 3.8) is 0 Å². The van der Waals surface area contributed by atoms with Crippen molar-refractivity contribution in [3.8, 4) is 0 Å². The van der Waals surface area contributed by atoms with Crippen LogP contribution in [0.15, 0.2) is 48.6 Å². The summed E-state index contributed by atoms with van der Waals surface area (Å²) in [6.07, 6.45) is 15.1. The van der Waals surface area contributed by atoms with E-state index in [1.165, 1.54) is 0 Å². The first-order valence-corrected chi connectivity index (χ1v) is 9.98. The monoisotopic (exact) mass is 394 g/mol. The van der Waals surface area contributed by atoms with E-state index in [9.17, 15) is 20.1 Å². The summed E-state index contributed by atoms with van der Waals surface area (Å²) in [5.74, 6) is -0.854. The van der Waals surface area contributed by atoms with Crippen molar-refractivity contribution in [1.82, 2.24) is 0 Å². The Morgan fingerprint density at radius 1 is 1.11 bits per heavy atom. The van der Waals surface area contributed by atoms with E-state index < -0.39 is 36.5 Å². The van der Waals surface area contributed by atoms with Crippen LogP contribution < -0.4 is 0 Å². The number of hydrogen-bond acceptors (Lipinski definition) is 5. The summed E-state index contributed by atoms with van der Waals surface area (Å²) < 4.78 is 5.70. The predicted octanol–water partition coefficient (Wildman–Crippen LogP) is 2.90. The minimum Gasteiger partial charge on any atom is -0.481 e. The van der Waals surface area contributed by atoms with Crippen molar-refractivity contribution in [2.75, 3.05) is 0 Å². The van der Waals surface area contributed by atoms with Gasteiger partial charge >= 0.3 is 5.97 Å². The molecule has 1 aliphatic rings. The summed E-state index contributed by atoms with van der Waals surface area (Å²) in [4.78, 5) is 10.4. The molecule has 1 saturated heterocycles. The Hall–Kier alpha value is -1.73. The molecular formula is C22H34O6. The molecule has 0 radical (unpaired) electrons. The van der Waals surface area contributed by atoms with Gasteiger partial charge in [-0.25, -0.2) is 0 Å². The topological polar surface area (TPSA) is 107 Å². The number of hydrogen-bond donors (Lipinski definition) is 4. The molecule has 0 saturated carbocycles. The largest absolute Gasteiger partial charge is 0.481 e. The standard InChI is InChI=1S/C22H34O6/c1-2-3-4-5-6-8-11-17(23)14-15-20-19(25)16-21(28-20)18(24)12-9-7-10-13-22(26)27/h3-4,6-9,14-15,17-21,23-25H,2,5,10-13,16H2,1H3,(H,26,27)/b4-3-,8-6-,9-7-,15-14+/t17-,18-,19-,20+,21+/m1/s1. The number of aliphatic hydroxyl groups is 3. The fourth-order valence-corrected chi connectivity index (χ4v) is 2.84. The Bertz CT molecular complexity index is 551. The average molecular weight is 395 g/mol. The fraction of sp³-hybridized carbons (Fsp3) is 0.591. The molecule has 1 aliphatic heterocycles. The van der Waals surface area contributed by atoms with Crippen molar-refractivity contribution in [2.45, 2.75) is 82.4 Å². The third-order valence-electron chi connectivity index (χ3n) is 4.42. The van der Waals surface area contributed by atoms with Crippen molar-refractivity contribution in [2.24, 2.45) is 0 Å². The lowest BCUT2D eigenvalue weighted by molar-refractivity contribution is -0.136. The lowest BCUT2D eigenvalue weighted by Gasteiger charge is -2.16. The molecule has 0 amide bonds. The highest BCUT2D eigenvalue weighted by Crippen LogP contribution is 2.25. The van der Waals surface area contributed by atoms with E-state index in [0.29, 0.717) is 25.7 Å². The van der Waals surface area contributed by atoms with Crippen LogP contribution in [0, 0.1) is 0 Å². The normalized spacial score (nSPS) is 25.5. The molecule has 0 spiro atoms. The highest BCUT2D eigenvalue weighted by molar-refractivity contribution is 5.66. The molecule has 0 aromatic carbocycles. The van der Waals surface area contributed by atoms with Gasteiger partial charge in [-0.15, -0.1) is 0 Å². The summed E-state index contributed by atoms with van der Waals surface area (Å²) in [5, 5.41) is 38.9. The maximum absolute atomic E-state index is 10.4. The summed E-state index contributed by atoms with van der Waals surface area (Å²) >= 11 is 0. The van der Waals surface area contributed by atoms with Crippen LogP contribution in [-0.4, -0.2) is 56.9 Å². The second-order valence-electron chi connectivity index (χ2n) is 6.92. The molecule has 0 aromatic heterocycles. The van der Waals surface area contributed by atoms with Gasteiger partial charge < -0.3 is 25.2 Å². The van der Waals surface area contributed by atoms with Gasteiger partial charge in [-0.3, -0.25) is 4.79 Å². The highest BCUT2D eigenvalue weighted by atomic mass is 16.5. The molecule has 6 nitrogen and oxygen atoms in total. The van der Waals surface area contributed by atoms with Gasteiger partial charge in [0.1, 0.15) is 6.10 Å². The Labute approximate surface area is 167 Å². The van der Waals surface area contributed by atoms with Crippen LogP contribution in [0.1, 0.15) is 51.9 Å². The average Bonchev–Trinajstić information content (AvgIpc) is 3.03. The van der Waals surface area contributed by atoms with Crippen molar-refractivity contribution in [3.05, 3.63) is 48.6 Å². The number of carboxylic acid groups (broad SMARTS) is 1. The van der Waals surface area contributed by atoms with E-state index >= 15 is 0 Å². The van der Waals surface area contributed by atoms with E-state index in [1.54, 1.807) is 24.3 Å². The van der Waals surface area contributed by atoms with Crippen LogP contribution in [0.5, 0.6) is 0 Å². The Morgan fingerprint density at radius 2 is 1.82 bits per heavy atom.